The Hall–Kier alpha value is -4.48. The second-order valence-corrected chi connectivity index (χ2v) is 9.99. The molecule has 3 N–H and O–H groups in total. The van der Waals surface area contributed by atoms with Crippen molar-refractivity contribution in [2.75, 3.05) is 44.3 Å². The van der Waals surface area contributed by atoms with Crippen molar-refractivity contribution < 1.29 is 23.8 Å². The van der Waals surface area contributed by atoms with Crippen LogP contribution in [0, 0.1) is 0 Å². The number of benzene rings is 2. The quantitative estimate of drug-likeness (QED) is 0.291. The summed E-state index contributed by atoms with van der Waals surface area (Å²) in [6.07, 6.45) is 4.44. The van der Waals surface area contributed by atoms with E-state index in [-0.39, 0.29) is 23.8 Å². The van der Waals surface area contributed by atoms with Crippen molar-refractivity contribution in [1.82, 2.24) is 19.8 Å². The molecule has 0 bridgehead atoms. The number of ether oxygens (including phenoxy) is 1. The van der Waals surface area contributed by atoms with Gasteiger partial charge in [-0.3, -0.25) is 14.3 Å². The Balaban J connectivity index is 1.29. The van der Waals surface area contributed by atoms with E-state index in [9.17, 15) is 19.1 Å². The van der Waals surface area contributed by atoms with Gasteiger partial charge < -0.3 is 25.4 Å². The number of nitrogens with zero attached hydrogens (tertiary/aromatic N) is 4. The molecule has 41 heavy (non-hydrogen) atoms. The summed E-state index contributed by atoms with van der Waals surface area (Å²) in [6.45, 7) is 1.49. The van der Waals surface area contributed by atoms with Crippen LogP contribution in [0.15, 0.2) is 67.0 Å². The Kier molecular flexibility index (Phi) is 8.46. The second kappa shape index (κ2) is 12.4. The van der Waals surface area contributed by atoms with Gasteiger partial charge in [-0.25, -0.2) is 14.2 Å². The lowest BCUT2D eigenvalue weighted by molar-refractivity contribution is 0.0792. The van der Waals surface area contributed by atoms with Gasteiger partial charge in [-0.15, -0.1) is 0 Å². The van der Waals surface area contributed by atoms with Crippen LogP contribution in [0.2, 0.25) is 0 Å². The number of amides is 2. The van der Waals surface area contributed by atoms with E-state index < -0.39 is 6.86 Å². The molecular formula is C30H33FN6O4. The summed E-state index contributed by atoms with van der Waals surface area (Å²) in [5, 5.41) is 15.7. The molecule has 0 aliphatic carbocycles. The molecule has 214 valence electrons. The van der Waals surface area contributed by atoms with Crippen LogP contribution in [0.3, 0.4) is 0 Å². The van der Waals surface area contributed by atoms with Crippen molar-refractivity contribution >= 4 is 40.0 Å². The summed E-state index contributed by atoms with van der Waals surface area (Å²) in [4.78, 5) is 33.7. The van der Waals surface area contributed by atoms with Crippen molar-refractivity contribution in [1.29, 1.82) is 0 Å². The number of rotatable bonds is 8. The zero-order valence-corrected chi connectivity index (χ0v) is 23.0. The van der Waals surface area contributed by atoms with Crippen molar-refractivity contribution in [2.45, 2.75) is 25.5 Å². The summed E-state index contributed by atoms with van der Waals surface area (Å²) in [7, 11) is 3.37. The topological polar surface area (TPSA) is 112 Å². The van der Waals surface area contributed by atoms with Crippen LogP contribution in [0.4, 0.5) is 26.4 Å². The molecule has 0 radical (unpaired) electrons. The molecule has 2 amide bonds. The third-order valence-electron chi connectivity index (χ3n) is 7.33. The lowest BCUT2D eigenvalue weighted by Gasteiger charge is -2.29. The first-order valence-corrected chi connectivity index (χ1v) is 13.4. The minimum atomic E-state index is -1.02. The standard InChI is InChI=1S/C30H33FN6O4/c1-32-30(40)37-18-27(41-19-31)25-15-22(7-8-26(25)37)35(2)23-9-12-33-28(16-23)34-29(39)21-5-3-20(4-6-21)17-36-13-10-24(38)11-14-36/h3-9,12,15-16,18,24,38H,10-11,13-14,17,19H2,1-2H3,(H,32,40)(H,33,34,39). The number of pyridine rings is 1. The summed E-state index contributed by atoms with van der Waals surface area (Å²) < 4.78 is 19.5. The lowest BCUT2D eigenvalue weighted by atomic mass is 10.1. The molecule has 3 heterocycles. The summed E-state index contributed by atoms with van der Waals surface area (Å²) in [6, 6.07) is 16.1. The van der Waals surface area contributed by atoms with E-state index in [0.29, 0.717) is 22.3 Å². The van der Waals surface area contributed by atoms with Crippen LogP contribution in [0.5, 0.6) is 5.75 Å². The van der Waals surface area contributed by atoms with Gasteiger partial charge in [0.25, 0.3) is 5.91 Å². The zero-order valence-electron chi connectivity index (χ0n) is 23.0. The van der Waals surface area contributed by atoms with Gasteiger partial charge >= 0.3 is 6.03 Å². The Morgan fingerprint density at radius 1 is 1.10 bits per heavy atom. The fraction of sp³-hybridized carbons (Fsp3) is 0.300. The predicted octanol–water partition coefficient (Wildman–Crippen LogP) is 4.51. The minimum absolute atomic E-state index is 0.203. The number of carbonyl (C=O) groups excluding carboxylic acids is 2. The molecule has 1 fully saturated rings. The molecule has 0 spiro atoms. The summed E-state index contributed by atoms with van der Waals surface area (Å²) >= 11 is 0. The number of aromatic nitrogens is 2. The molecule has 4 aromatic rings. The Morgan fingerprint density at radius 2 is 1.83 bits per heavy atom. The molecule has 1 aliphatic heterocycles. The molecule has 0 atom stereocenters. The van der Waals surface area contributed by atoms with Crippen LogP contribution in [-0.2, 0) is 6.54 Å². The van der Waals surface area contributed by atoms with Crippen LogP contribution in [-0.4, -0.2) is 71.6 Å². The zero-order chi connectivity index (χ0) is 28.9. The van der Waals surface area contributed by atoms with Gasteiger partial charge in [-0.2, -0.15) is 0 Å². The van der Waals surface area contributed by atoms with Gasteiger partial charge in [-0.1, -0.05) is 12.1 Å². The number of hydrogen-bond acceptors (Lipinski definition) is 7. The Morgan fingerprint density at radius 3 is 2.54 bits per heavy atom. The van der Waals surface area contributed by atoms with Crippen molar-refractivity contribution in [3.63, 3.8) is 0 Å². The molecule has 2 aromatic carbocycles. The molecule has 11 heteroatoms. The highest BCUT2D eigenvalue weighted by atomic mass is 19.1. The van der Waals surface area contributed by atoms with Gasteiger partial charge in [0, 0.05) is 68.3 Å². The first-order valence-electron chi connectivity index (χ1n) is 13.4. The number of aliphatic hydroxyl groups is 1. The first-order chi connectivity index (χ1) is 19.9. The maximum Gasteiger partial charge on any atom is 0.325 e. The van der Waals surface area contributed by atoms with Crippen molar-refractivity contribution in [2.24, 2.45) is 0 Å². The average molecular weight is 561 g/mol. The van der Waals surface area contributed by atoms with E-state index in [2.05, 4.69) is 20.5 Å². The molecule has 0 saturated carbocycles. The fourth-order valence-corrected chi connectivity index (χ4v) is 4.99. The van der Waals surface area contributed by atoms with Gasteiger partial charge in [0.05, 0.1) is 17.8 Å². The van der Waals surface area contributed by atoms with Gasteiger partial charge in [0.15, 0.2) is 0 Å². The minimum Gasteiger partial charge on any atom is -0.461 e. The predicted molar refractivity (Wildman–Crippen MR) is 156 cm³/mol. The second-order valence-electron chi connectivity index (χ2n) is 9.99. The maximum atomic E-state index is 13.0. The highest BCUT2D eigenvalue weighted by Crippen LogP contribution is 2.34. The number of likely N-dealkylation sites (tertiary alicyclic amines) is 1. The largest absolute Gasteiger partial charge is 0.461 e. The molecule has 2 aromatic heterocycles. The molecule has 0 unspecified atom stereocenters. The number of alkyl halides is 1. The fourth-order valence-electron chi connectivity index (χ4n) is 4.99. The van der Waals surface area contributed by atoms with Crippen LogP contribution in [0.25, 0.3) is 10.9 Å². The molecular weight excluding hydrogens is 527 g/mol. The van der Waals surface area contributed by atoms with Gasteiger partial charge in [-0.05, 0) is 54.8 Å². The summed E-state index contributed by atoms with van der Waals surface area (Å²) in [5.74, 6) is 0.378. The number of fused-ring (bicyclic) bond motifs is 1. The number of nitrogens with one attached hydrogen (secondary N) is 2. The van der Waals surface area contributed by atoms with Crippen molar-refractivity contribution in [3.8, 4) is 5.75 Å². The molecule has 1 aliphatic rings. The van der Waals surface area contributed by atoms with E-state index in [1.807, 2.05) is 42.3 Å². The molecule has 5 rings (SSSR count). The summed E-state index contributed by atoms with van der Waals surface area (Å²) in [5.41, 5.74) is 3.74. The van der Waals surface area contributed by atoms with Crippen molar-refractivity contribution in [3.05, 3.63) is 78.1 Å². The SMILES string of the molecule is CNC(=O)n1cc(OCF)c2cc(N(C)c3ccnc(NC(=O)c4ccc(CN5CCC(O)CC5)cc4)c3)ccc21. The number of anilines is 3. The van der Waals surface area contributed by atoms with E-state index >= 15 is 0 Å². The van der Waals surface area contributed by atoms with E-state index in [0.717, 1.165) is 49.4 Å². The van der Waals surface area contributed by atoms with Crippen LogP contribution in [0.1, 0.15) is 28.8 Å². The lowest BCUT2D eigenvalue weighted by Crippen LogP contribution is -2.35. The van der Waals surface area contributed by atoms with Crippen LogP contribution >= 0.6 is 0 Å². The third kappa shape index (κ3) is 6.31. The maximum absolute atomic E-state index is 13.0. The van der Waals surface area contributed by atoms with Gasteiger partial charge in [0.1, 0.15) is 11.6 Å². The average Bonchev–Trinajstić information content (AvgIpc) is 3.36. The Bertz CT molecular complexity index is 1530. The van der Waals surface area contributed by atoms with E-state index in [4.69, 9.17) is 4.74 Å². The number of piperidine rings is 1. The highest BCUT2D eigenvalue weighted by Gasteiger charge is 2.18. The number of hydrogen-bond donors (Lipinski definition) is 3. The highest BCUT2D eigenvalue weighted by molar-refractivity contribution is 6.04. The first kappa shape index (κ1) is 28.1. The number of aliphatic hydroxyl groups excluding tert-OH is 1. The number of carbonyl (C=O) groups is 2. The van der Waals surface area contributed by atoms with E-state index in [1.165, 1.54) is 17.8 Å². The smallest absolute Gasteiger partial charge is 0.325 e. The van der Waals surface area contributed by atoms with E-state index in [1.54, 1.807) is 30.5 Å². The normalized spacial score (nSPS) is 14.1. The number of halogens is 1. The van der Waals surface area contributed by atoms with Crippen LogP contribution < -0.4 is 20.3 Å². The monoisotopic (exact) mass is 560 g/mol. The molecule has 10 nitrogen and oxygen atoms in total. The molecule has 1 saturated heterocycles. The van der Waals surface area contributed by atoms with Gasteiger partial charge in [0.2, 0.25) is 6.86 Å². The third-order valence-corrected chi connectivity index (χ3v) is 7.33. The Labute approximate surface area is 237 Å².